The molecule has 0 spiro atoms. The molecule has 0 radical (unpaired) electrons. The maximum atomic E-state index is 13.4. The van der Waals surface area contributed by atoms with Gasteiger partial charge < -0.3 is 10.6 Å². The van der Waals surface area contributed by atoms with E-state index in [1.54, 1.807) is 42.1 Å². The maximum absolute atomic E-state index is 13.4. The highest BCUT2D eigenvalue weighted by molar-refractivity contribution is 8.01. The first-order valence-corrected chi connectivity index (χ1v) is 12.4. The zero-order valence-corrected chi connectivity index (χ0v) is 18.2. The van der Waals surface area contributed by atoms with Crippen molar-refractivity contribution in [1.29, 1.82) is 0 Å². The zero-order valence-electron chi connectivity index (χ0n) is 15.9. The predicted molar refractivity (Wildman–Crippen MR) is 117 cm³/mol. The summed E-state index contributed by atoms with van der Waals surface area (Å²) in [5, 5.41) is 6.73. The molecular weight excluding hydrogens is 428 g/mol. The van der Waals surface area contributed by atoms with Crippen LogP contribution in [0, 0.1) is 0 Å². The summed E-state index contributed by atoms with van der Waals surface area (Å²) in [6, 6.07) is 15.9. The number of halogens is 1. The number of hydrogen-bond donors (Lipinski definition) is 2. The Morgan fingerprint density at radius 2 is 1.76 bits per heavy atom. The molecule has 2 aromatic carbocycles. The van der Waals surface area contributed by atoms with Gasteiger partial charge in [0.2, 0.25) is 15.7 Å². The van der Waals surface area contributed by atoms with Gasteiger partial charge in [-0.1, -0.05) is 48.0 Å². The molecule has 0 bridgehead atoms. The molecule has 1 aliphatic carbocycles. The molecule has 1 heterocycles. The number of carbonyl (C=O) groups is 1. The Morgan fingerprint density at radius 3 is 2.38 bits per heavy atom. The van der Waals surface area contributed by atoms with Gasteiger partial charge in [-0.2, -0.15) is 0 Å². The number of hydrogen-bond acceptors (Lipinski definition) is 5. The summed E-state index contributed by atoms with van der Waals surface area (Å²) in [6.07, 6.45) is 1.83. The average molecular weight is 451 g/mol. The Labute approximate surface area is 180 Å². The van der Waals surface area contributed by atoms with Gasteiger partial charge in [-0.05, 0) is 49.6 Å². The molecule has 5 nitrogen and oxygen atoms in total. The lowest BCUT2D eigenvalue weighted by Gasteiger charge is -2.31. The number of benzene rings is 2. The molecule has 1 atom stereocenters. The summed E-state index contributed by atoms with van der Waals surface area (Å²) in [6.45, 7) is 0.757. The van der Waals surface area contributed by atoms with Gasteiger partial charge in [0.25, 0.3) is 0 Å². The van der Waals surface area contributed by atoms with E-state index >= 15 is 0 Å². The van der Waals surface area contributed by atoms with Crippen molar-refractivity contribution in [2.45, 2.75) is 39.5 Å². The lowest BCUT2D eigenvalue weighted by Crippen LogP contribution is -2.58. The minimum absolute atomic E-state index is 0.197. The Hall–Kier alpha value is -1.54. The van der Waals surface area contributed by atoms with Crippen molar-refractivity contribution in [1.82, 2.24) is 10.6 Å². The van der Waals surface area contributed by atoms with E-state index in [1.165, 1.54) is 0 Å². The molecule has 0 unspecified atom stereocenters. The van der Waals surface area contributed by atoms with Gasteiger partial charge in [0.05, 0.1) is 9.64 Å². The van der Waals surface area contributed by atoms with Crippen LogP contribution in [0.2, 0.25) is 5.02 Å². The van der Waals surface area contributed by atoms with Crippen molar-refractivity contribution in [2.75, 3.05) is 13.1 Å². The molecule has 4 rings (SSSR count). The molecule has 1 saturated heterocycles. The molecular formula is C21H23ClN2O3S2. The van der Waals surface area contributed by atoms with Crippen molar-refractivity contribution in [3.63, 3.8) is 0 Å². The number of thioether (sulfide) groups is 1. The molecule has 1 aliphatic heterocycles. The van der Waals surface area contributed by atoms with Gasteiger partial charge in [-0.25, -0.2) is 8.42 Å². The summed E-state index contributed by atoms with van der Waals surface area (Å²) in [4.78, 5) is 12.1. The second-order valence-electron chi connectivity index (χ2n) is 7.57. The first-order chi connectivity index (χ1) is 13.9. The van der Waals surface area contributed by atoms with E-state index in [-0.39, 0.29) is 17.3 Å². The SMILES string of the molecule is O=C(N[C@@]1(S(=O)(=O)c2ccccc2)CCNC1)C1(SCc2ccccc2Cl)CC1. The molecule has 8 heteroatoms. The van der Waals surface area contributed by atoms with Crippen LogP contribution in [0.15, 0.2) is 59.5 Å². The Bertz CT molecular complexity index is 1000. The van der Waals surface area contributed by atoms with Crippen LogP contribution in [0.1, 0.15) is 24.8 Å². The smallest absolute Gasteiger partial charge is 0.237 e. The Morgan fingerprint density at radius 1 is 1.07 bits per heavy atom. The number of carbonyl (C=O) groups excluding carboxylic acids is 1. The quantitative estimate of drug-likeness (QED) is 0.676. The highest BCUT2D eigenvalue weighted by atomic mass is 35.5. The van der Waals surface area contributed by atoms with E-state index in [2.05, 4.69) is 10.6 Å². The topological polar surface area (TPSA) is 75.3 Å². The molecule has 2 fully saturated rings. The Kier molecular flexibility index (Phi) is 5.68. The van der Waals surface area contributed by atoms with E-state index in [0.717, 1.165) is 18.4 Å². The molecule has 154 valence electrons. The van der Waals surface area contributed by atoms with E-state index in [1.807, 2.05) is 24.3 Å². The number of sulfone groups is 1. The zero-order chi connectivity index (χ0) is 20.5. The van der Waals surface area contributed by atoms with Gasteiger partial charge in [0.15, 0.2) is 4.87 Å². The molecule has 0 aromatic heterocycles. The molecule has 1 saturated carbocycles. The highest BCUT2D eigenvalue weighted by Crippen LogP contribution is 2.51. The van der Waals surface area contributed by atoms with Crippen molar-refractivity contribution in [2.24, 2.45) is 0 Å². The summed E-state index contributed by atoms with van der Waals surface area (Å²) < 4.78 is 26.2. The monoisotopic (exact) mass is 450 g/mol. The van der Waals surface area contributed by atoms with Crippen molar-refractivity contribution < 1.29 is 13.2 Å². The van der Waals surface area contributed by atoms with E-state index in [0.29, 0.717) is 23.7 Å². The predicted octanol–water partition coefficient (Wildman–Crippen LogP) is 3.39. The number of nitrogens with one attached hydrogen (secondary N) is 2. The number of amides is 1. The van der Waals surface area contributed by atoms with Crippen LogP contribution in [-0.2, 0) is 20.4 Å². The normalized spacial score (nSPS) is 22.9. The molecule has 1 amide bonds. The average Bonchev–Trinajstić information content (AvgIpc) is 3.38. The first kappa shape index (κ1) is 20.7. The Balaban J connectivity index is 1.53. The van der Waals surface area contributed by atoms with Gasteiger partial charge >= 0.3 is 0 Å². The lowest BCUT2D eigenvalue weighted by atomic mass is 10.2. The molecule has 2 aliphatic rings. The van der Waals surface area contributed by atoms with Gasteiger partial charge in [0, 0.05) is 17.3 Å². The fourth-order valence-electron chi connectivity index (χ4n) is 3.60. The summed E-state index contributed by atoms with van der Waals surface area (Å²) in [5.74, 6) is 0.418. The molecule has 29 heavy (non-hydrogen) atoms. The third-order valence-electron chi connectivity index (χ3n) is 5.61. The van der Waals surface area contributed by atoms with Crippen LogP contribution in [0.4, 0.5) is 0 Å². The van der Waals surface area contributed by atoms with Gasteiger partial charge in [-0.15, -0.1) is 11.8 Å². The summed E-state index contributed by atoms with van der Waals surface area (Å²) in [7, 11) is -3.73. The van der Waals surface area contributed by atoms with Gasteiger partial charge in [-0.3, -0.25) is 4.79 Å². The highest BCUT2D eigenvalue weighted by Gasteiger charge is 2.56. The van der Waals surface area contributed by atoms with Crippen molar-refractivity contribution in [3.8, 4) is 0 Å². The second kappa shape index (κ2) is 7.95. The largest absolute Gasteiger partial charge is 0.334 e. The first-order valence-electron chi connectivity index (χ1n) is 9.59. The number of rotatable bonds is 7. The minimum Gasteiger partial charge on any atom is -0.334 e. The fourth-order valence-corrected chi connectivity index (χ4v) is 6.99. The van der Waals surface area contributed by atoms with Crippen LogP contribution >= 0.6 is 23.4 Å². The van der Waals surface area contributed by atoms with Crippen molar-refractivity contribution >= 4 is 39.1 Å². The lowest BCUT2D eigenvalue weighted by molar-refractivity contribution is -0.122. The third-order valence-corrected chi connectivity index (χ3v) is 9.95. The minimum atomic E-state index is -3.73. The van der Waals surface area contributed by atoms with Crippen LogP contribution in [-0.4, -0.2) is 37.0 Å². The van der Waals surface area contributed by atoms with Gasteiger partial charge in [0.1, 0.15) is 0 Å². The third kappa shape index (κ3) is 3.93. The van der Waals surface area contributed by atoms with Crippen LogP contribution in [0.3, 0.4) is 0 Å². The summed E-state index contributed by atoms with van der Waals surface area (Å²) >= 11 is 7.78. The van der Waals surface area contributed by atoms with E-state index in [4.69, 9.17) is 11.6 Å². The second-order valence-corrected chi connectivity index (χ2v) is 11.6. The fraction of sp³-hybridized carbons (Fsp3) is 0.381. The van der Waals surface area contributed by atoms with E-state index in [9.17, 15) is 13.2 Å². The standard InChI is InChI=1S/C21H23ClN2O3S2/c22-18-9-5-4-6-16(18)14-28-20(10-11-20)19(25)24-21(12-13-23-15-21)29(26,27)17-7-2-1-3-8-17/h1-9,23H,10-15H2,(H,24,25)/t21-/m1/s1. The molecule has 2 aromatic rings. The summed E-state index contributed by atoms with van der Waals surface area (Å²) in [5.41, 5.74) is 0.979. The van der Waals surface area contributed by atoms with E-state index < -0.39 is 19.5 Å². The van der Waals surface area contributed by atoms with Crippen LogP contribution in [0.5, 0.6) is 0 Å². The molecule has 2 N–H and O–H groups in total. The van der Waals surface area contributed by atoms with Crippen LogP contribution < -0.4 is 10.6 Å². The van der Waals surface area contributed by atoms with Crippen molar-refractivity contribution in [3.05, 3.63) is 65.2 Å². The maximum Gasteiger partial charge on any atom is 0.237 e. The van der Waals surface area contributed by atoms with Crippen LogP contribution in [0.25, 0.3) is 0 Å².